The molecule has 0 bridgehead atoms. The van der Waals surface area contributed by atoms with E-state index >= 15 is 0 Å². The second kappa shape index (κ2) is 6.40. The van der Waals surface area contributed by atoms with Crippen molar-refractivity contribution in [1.29, 1.82) is 0 Å². The summed E-state index contributed by atoms with van der Waals surface area (Å²) in [5, 5.41) is 4.10. The highest BCUT2D eigenvalue weighted by Crippen LogP contribution is 2.23. The molecule has 0 aliphatic rings. The van der Waals surface area contributed by atoms with Crippen molar-refractivity contribution < 1.29 is 0 Å². The number of anilines is 1. The van der Waals surface area contributed by atoms with Gasteiger partial charge >= 0.3 is 0 Å². The first-order valence-electron chi connectivity index (χ1n) is 6.44. The summed E-state index contributed by atoms with van der Waals surface area (Å²) >= 11 is 6.30. The number of rotatable bonds is 5. The molecular formula is C15H24ClN3. The lowest BCUT2D eigenvalue weighted by molar-refractivity contribution is 0.424. The third-order valence-corrected chi connectivity index (χ3v) is 2.85. The van der Waals surface area contributed by atoms with E-state index in [0.717, 1.165) is 30.0 Å². The summed E-state index contributed by atoms with van der Waals surface area (Å²) < 4.78 is 0. The minimum Gasteiger partial charge on any atom is -0.354 e. The van der Waals surface area contributed by atoms with Gasteiger partial charge in [-0.1, -0.05) is 23.8 Å². The van der Waals surface area contributed by atoms with Gasteiger partial charge in [-0.2, -0.15) is 0 Å². The largest absolute Gasteiger partial charge is 0.354 e. The van der Waals surface area contributed by atoms with Gasteiger partial charge in [0.15, 0.2) is 0 Å². The second-order valence-electron chi connectivity index (χ2n) is 6.07. The molecule has 1 aromatic heterocycles. The zero-order valence-corrected chi connectivity index (χ0v) is 13.3. The van der Waals surface area contributed by atoms with Gasteiger partial charge in [-0.15, -0.1) is 0 Å². The summed E-state index contributed by atoms with van der Waals surface area (Å²) in [4.78, 5) is 6.45. The maximum atomic E-state index is 6.30. The topological polar surface area (TPSA) is 28.2 Å². The zero-order chi connectivity index (χ0) is 14.6. The summed E-state index contributed by atoms with van der Waals surface area (Å²) in [7, 11) is 1.97. The fourth-order valence-electron chi connectivity index (χ4n) is 1.69. The monoisotopic (exact) mass is 281 g/mol. The van der Waals surface area contributed by atoms with Crippen LogP contribution in [0.1, 0.15) is 33.3 Å². The van der Waals surface area contributed by atoms with Crippen LogP contribution in [0, 0.1) is 0 Å². The molecule has 1 heterocycles. The lowest BCUT2D eigenvalue weighted by atomic mass is 10.1. The quantitative estimate of drug-likeness (QED) is 0.836. The molecule has 0 atom stereocenters. The van der Waals surface area contributed by atoms with Crippen molar-refractivity contribution in [2.24, 2.45) is 0 Å². The van der Waals surface area contributed by atoms with E-state index in [1.807, 2.05) is 31.1 Å². The first kappa shape index (κ1) is 16.0. The average Bonchev–Trinajstić information content (AvgIpc) is 2.24. The van der Waals surface area contributed by atoms with E-state index in [4.69, 9.17) is 11.6 Å². The minimum absolute atomic E-state index is 0.0852. The molecule has 0 spiro atoms. The highest BCUT2D eigenvalue weighted by atomic mass is 35.5. The van der Waals surface area contributed by atoms with Gasteiger partial charge < -0.3 is 10.2 Å². The number of aromatic nitrogens is 1. The van der Waals surface area contributed by atoms with Gasteiger partial charge in [-0.3, -0.25) is 0 Å². The maximum Gasteiger partial charge on any atom is 0.147 e. The van der Waals surface area contributed by atoms with Crippen LogP contribution in [0.3, 0.4) is 0 Å². The molecule has 3 nitrogen and oxygen atoms in total. The first-order valence-corrected chi connectivity index (χ1v) is 6.82. The van der Waals surface area contributed by atoms with Crippen molar-refractivity contribution in [2.75, 3.05) is 18.5 Å². The summed E-state index contributed by atoms with van der Waals surface area (Å²) in [6.45, 7) is 13.8. The molecule has 0 aliphatic carbocycles. The molecule has 106 valence electrons. The van der Waals surface area contributed by atoms with Gasteiger partial charge in [0.25, 0.3) is 0 Å². The van der Waals surface area contributed by atoms with Crippen molar-refractivity contribution in [3.05, 3.63) is 35.0 Å². The number of nitrogens with one attached hydrogen (secondary N) is 1. The van der Waals surface area contributed by atoms with E-state index in [9.17, 15) is 0 Å². The van der Waals surface area contributed by atoms with Crippen molar-refractivity contribution in [3.63, 3.8) is 0 Å². The summed E-state index contributed by atoms with van der Waals surface area (Å²) in [5.41, 5.74) is 2.26. The van der Waals surface area contributed by atoms with Crippen molar-refractivity contribution >= 4 is 17.4 Å². The number of hydrogen-bond acceptors (Lipinski definition) is 3. The van der Waals surface area contributed by atoms with Crippen LogP contribution in [-0.2, 0) is 6.54 Å². The predicted molar refractivity (Wildman–Crippen MR) is 83.9 cm³/mol. The van der Waals surface area contributed by atoms with E-state index in [-0.39, 0.29) is 5.54 Å². The van der Waals surface area contributed by atoms with Gasteiger partial charge in [0.1, 0.15) is 5.82 Å². The third kappa shape index (κ3) is 5.62. The Labute approximate surface area is 121 Å². The van der Waals surface area contributed by atoms with Gasteiger partial charge in [0.05, 0.1) is 5.02 Å². The molecule has 1 N–H and O–H groups in total. The van der Waals surface area contributed by atoms with Crippen LogP contribution in [0.25, 0.3) is 0 Å². The number of likely N-dealkylation sites (N-methyl/N-ethyl adjacent to an activating group) is 1. The molecule has 0 unspecified atom stereocenters. The smallest absolute Gasteiger partial charge is 0.147 e. The standard InChI is InChI=1S/C15H24ClN3/c1-11(2)10-19(6)14-13(16)7-12(8-17-14)9-18-15(3,4)5/h7-8,18H,1,9-10H2,2-6H3. The molecule has 1 aromatic rings. The van der Waals surface area contributed by atoms with Crippen LogP contribution in [0.15, 0.2) is 24.4 Å². The highest BCUT2D eigenvalue weighted by Gasteiger charge is 2.11. The van der Waals surface area contributed by atoms with Crippen LogP contribution >= 0.6 is 11.6 Å². The molecular weight excluding hydrogens is 258 g/mol. The van der Waals surface area contributed by atoms with E-state index in [0.29, 0.717) is 5.02 Å². The molecule has 0 aromatic carbocycles. The molecule has 4 heteroatoms. The van der Waals surface area contributed by atoms with Crippen molar-refractivity contribution in [1.82, 2.24) is 10.3 Å². The zero-order valence-electron chi connectivity index (χ0n) is 12.5. The van der Waals surface area contributed by atoms with E-state index in [1.54, 1.807) is 0 Å². The van der Waals surface area contributed by atoms with Gasteiger partial charge in [-0.05, 0) is 39.3 Å². The summed E-state index contributed by atoms with van der Waals surface area (Å²) in [5.74, 6) is 0.796. The molecule has 19 heavy (non-hydrogen) atoms. The summed E-state index contributed by atoms with van der Waals surface area (Å²) in [6, 6.07) is 1.97. The highest BCUT2D eigenvalue weighted by molar-refractivity contribution is 6.33. The number of hydrogen-bond donors (Lipinski definition) is 1. The Balaban J connectivity index is 2.77. The average molecular weight is 282 g/mol. The molecule has 0 radical (unpaired) electrons. The number of halogens is 1. The maximum absolute atomic E-state index is 6.30. The molecule has 0 saturated carbocycles. The van der Waals surface area contributed by atoms with Crippen LogP contribution in [0.4, 0.5) is 5.82 Å². The lowest BCUT2D eigenvalue weighted by Crippen LogP contribution is -2.35. The van der Waals surface area contributed by atoms with Crippen LogP contribution < -0.4 is 10.2 Å². The fraction of sp³-hybridized carbons (Fsp3) is 0.533. The summed E-state index contributed by atoms with van der Waals surface area (Å²) in [6.07, 6.45) is 1.87. The van der Waals surface area contributed by atoms with Crippen LogP contribution in [0.2, 0.25) is 5.02 Å². The molecule has 1 rings (SSSR count). The normalized spacial score (nSPS) is 11.5. The first-order chi connectivity index (χ1) is 8.69. The van der Waals surface area contributed by atoms with E-state index in [1.165, 1.54) is 0 Å². The molecule has 0 fully saturated rings. The molecule has 0 amide bonds. The Kier molecular flexibility index (Phi) is 5.39. The predicted octanol–water partition coefficient (Wildman–Crippen LogP) is 3.64. The van der Waals surface area contributed by atoms with Crippen molar-refractivity contribution in [2.45, 2.75) is 39.8 Å². The third-order valence-electron chi connectivity index (χ3n) is 2.57. The number of pyridine rings is 1. The van der Waals surface area contributed by atoms with E-state index in [2.05, 4.69) is 37.7 Å². The Morgan fingerprint density at radius 3 is 2.58 bits per heavy atom. The SMILES string of the molecule is C=C(C)CN(C)c1ncc(CNC(C)(C)C)cc1Cl. The van der Waals surface area contributed by atoms with E-state index < -0.39 is 0 Å². The lowest BCUT2D eigenvalue weighted by Gasteiger charge is -2.22. The Bertz CT molecular complexity index is 449. The van der Waals surface area contributed by atoms with Crippen molar-refractivity contribution in [3.8, 4) is 0 Å². The Hall–Kier alpha value is -1.06. The van der Waals surface area contributed by atoms with Gasteiger partial charge in [-0.25, -0.2) is 4.98 Å². The minimum atomic E-state index is 0.0852. The molecule has 0 aliphatic heterocycles. The number of nitrogens with zero attached hydrogens (tertiary/aromatic N) is 2. The van der Waals surface area contributed by atoms with Crippen LogP contribution in [-0.4, -0.2) is 24.1 Å². The van der Waals surface area contributed by atoms with Crippen LogP contribution in [0.5, 0.6) is 0 Å². The molecule has 0 saturated heterocycles. The Morgan fingerprint density at radius 2 is 2.11 bits per heavy atom. The van der Waals surface area contributed by atoms with Gasteiger partial charge in [0.2, 0.25) is 0 Å². The Morgan fingerprint density at radius 1 is 1.47 bits per heavy atom. The second-order valence-corrected chi connectivity index (χ2v) is 6.47. The fourth-order valence-corrected chi connectivity index (χ4v) is 2.03. The van der Waals surface area contributed by atoms with Gasteiger partial charge in [0, 0.05) is 31.9 Å².